The van der Waals surface area contributed by atoms with E-state index in [1.807, 2.05) is 0 Å². The third-order valence-corrected chi connectivity index (χ3v) is 3.89. The molecule has 1 atom stereocenters. The van der Waals surface area contributed by atoms with Gasteiger partial charge in [-0.2, -0.15) is 0 Å². The Balaban J connectivity index is 2.07. The molecule has 2 aromatic rings. The second-order valence-corrected chi connectivity index (χ2v) is 5.83. The highest BCUT2D eigenvalue weighted by atomic mass is 32.2. The molecule has 0 unspecified atom stereocenters. The van der Waals surface area contributed by atoms with Gasteiger partial charge < -0.3 is 5.32 Å². The third kappa shape index (κ3) is 4.00. The Morgan fingerprint density at radius 3 is 2.32 bits per heavy atom. The molecule has 2 rings (SSSR count). The van der Waals surface area contributed by atoms with Crippen molar-refractivity contribution in [2.45, 2.75) is 17.1 Å². The highest BCUT2D eigenvalue weighted by Gasteiger charge is 2.18. The Kier molecular flexibility index (Phi) is 5.07. The number of hydrogen-bond donors (Lipinski definition) is 1. The Labute approximate surface area is 128 Å². The average molecular weight is 329 g/mol. The lowest BCUT2D eigenvalue weighted by Gasteiger charge is -2.13. The van der Waals surface area contributed by atoms with Crippen molar-refractivity contribution in [2.24, 2.45) is 0 Å². The SMILES string of the molecule is C[C@@H](Sc1cc(F)ccc1F)C(=O)Nc1ccc(F)cc1F. The van der Waals surface area contributed by atoms with Crippen LogP contribution >= 0.6 is 11.8 Å². The third-order valence-electron chi connectivity index (χ3n) is 2.76. The highest BCUT2D eigenvalue weighted by molar-refractivity contribution is 8.00. The van der Waals surface area contributed by atoms with Crippen molar-refractivity contribution < 1.29 is 22.4 Å². The molecule has 0 heterocycles. The van der Waals surface area contributed by atoms with Crippen molar-refractivity contribution in [2.75, 3.05) is 5.32 Å². The fourth-order valence-electron chi connectivity index (χ4n) is 1.64. The van der Waals surface area contributed by atoms with Gasteiger partial charge in [0.1, 0.15) is 23.3 Å². The van der Waals surface area contributed by atoms with Crippen molar-refractivity contribution in [1.82, 2.24) is 0 Å². The number of thioether (sulfide) groups is 1. The van der Waals surface area contributed by atoms with E-state index in [-0.39, 0.29) is 10.6 Å². The van der Waals surface area contributed by atoms with Gasteiger partial charge in [0.2, 0.25) is 5.91 Å². The molecule has 0 aliphatic carbocycles. The standard InChI is InChI=1S/C15H11F4NOS/c1-8(22-14-7-10(17)2-4-11(14)18)15(21)20-13-5-3-9(16)6-12(13)19/h2-8H,1H3,(H,20,21)/t8-/m1/s1. The monoisotopic (exact) mass is 329 g/mol. The molecule has 7 heteroatoms. The van der Waals surface area contributed by atoms with Gasteiger partial charge in [-0.05, 0) is 37.3 Å². The van der Waals surface area contributed by atoms with Crippen molar-refractivity contribution in [3.8, 4) is 0 Å². The Morgan fingerprint density at radius 2 is 1.64 bits per heavy atom. The number of hydrogen-bond acceptors (Lipinski definition) is 2. The molecule has 0 saturated heterocycles. The molecule has 0 radical (unpaired) electrons. The zero-order valence-corrected chi connectivity index (χ0v) is 12.2. The van der Waals surface area contributed by atoms with Crippen LogP contribution in [0, 0.1) is 23.3 Å². The molecule has 0 aliphatic rings. The summed E-state index contributed by atoms with van der Waals surface area (Å²) in [4.78, 5) is 11.9. The van der Waals surface area contributed by atoms with Crippen LogP contribution < -0.4 is 5.32 Å². The molecular formula is C15H11F4NOS. The van der Waals surface area contributed by atoms with Gasteiger partial charge >= 0.3 is 0 Å². The van der Waals surface area contributed by atoms with E-state index in [4.69, 9.17) is 0 Å². The van der Waals surface area contributed by atoms with Crippen LogP contribution in [0.15, 0.2) is 41.3 Å². The first-order valence-electron chi connectivity index (χ1n) is 6.24. The quantitative estimate of drug-likeness (QED) is 0.667. The van der Waals surface area contributed by atoms with E-state index in [1.54, 1.807) is 0 Å². The van der Waals surface area contributed by atoms with Gasteiger partial charge in [-0.1, -0.05) is 0 Å². The molecule has 0 saturated carbocycles. The molecule has 1 amide bonds. The van der Waals surface area contributed by atoms with Crippen molar-refractivity contribution >= 4 is 23.4 Å². The lowest BCUT2D eigenvalue weighted by molar-refractivity contribution is -0.115. The molecule has 0 bridgehead atoms. The number of carbonyl (C=O) groups excluding carboxylic acids is 1. The maximum Gasteiger partial charge on any atom is 0.237 e. The van der Waals surface area contributed by atoms with Crippen LogP contribution in [-0.2, 0) is 4.79 Å². The number of nitrogens with one attached hydrogen (secondary N) is 1. The van der Waals surface area contributed by atoms with Crippen molar-refractivity contribution in [3.63, 3.8) is 0 Å². The van der Waals surface area contributed by atoms with E-state index >= 15 is 0 Å². The predicted molar refractivity (Wildman–Crippen MR) is 76.7 cm³/mol. The number of benzene rings is 2. The Morgan fingerprint density at radius 1 is 1.00 bits per heavy atom. The smallest absolute Gasteiger partial charge is 0.237 e. The minimum Gasteiger partial charge on any atom is -0.323 e. The van der Waals surface area contributed by atoms with E-state index in [0.717, 1.165) is 42.1 Å². The lowest BCUT2D eigenvalue weighted by atomic mass is 10.3. The summed E-state index contributed by atoms with van der Waals surface area (Å²) >= 11 is 0.797. The summed E-state index contributed by atoms with van der Waals surface area (Å²) in [5.74, 6) is -3.57. The van der Waals surface area contributed by atoms with Crippen LogP contribution in [0.25, 0.3) is 0 Å². The zero-order chi connectivity index (χ0) is 16.3. The van der Waals surface area contributed by atoms with Crippen LogP contribution in [0.5, 0.6) is 0 Å². The van der Waals surface area contributed by atoms with Gasteiger partial charge in [-0.3, -0.25) is 4.79 Å². The van der Waals surface area contributed by atoms with Crippen LogP contribution in [0.3, 0.4) is 0 Å². The van der Waals surface area contributed by atoms with Gasteiger partial charge in [0.15, 0.2) is 0 Å². The molecule has 116 valence electrons. The topological polar surface area (TPSA) is 29.1 Å². The second-order valence-electron chi connectivity index (χ2n) is 4.45. The lowest BCUT2D eigenvalue weighted by Crippen LogP contribution is -2.23. The molecule has 2 aromatic carbocycles. The fraction of sp³-hybridized carbons (Fsp3) is 0.133. The largest absolute Gasteiger partial charge is 0.323 e. The molecule has 1 N–H and O–H groups in total. The first-order chi connectivity index (χ1) is 10.4. The number of carbonyl (C=O) groups is 1. The van der Waals surface area contributed by atoms with Crippen LogP contribution in [0.1, 0.15) is 6.92 Å². The average Bonchev–Trinajstić information content (AvgIpc) is 2.45. The van der Waals surface area contributed by atoms with Gasteiger partial charge in [-0.25, -0.2) is 17.6 Å². The number of rotatable bonds is 4. The molecule has 22 heavy (non-hydrogen) atoms. The van der Waals surface area contributed by atoms with Gasteiger partial charge in [0.25, 0.3) is 0 Å². The number of anilines is 1. The van der Waals surface area contributed by atoms with Crippen LogP contribution in [-0.4, -0.2) is 11.2 Å². The minimum atomic E-state index is -0.914. The van der Waals surface area contributed by atoms with E-state index in [2.05, 4.69) is 5.32 Å². The first-order valence-corrected chi connectivity index (χ1v) is 7.12. The fourth-order valence-corrected chi connectivity index (χ4v) is 2.54. The Bertz CT molecular complexity index is 708. The summed E-state index contributed by atoms with van der Waals surface area (Å²) in [7, 11) is 0. The van der Waals surface area contributed by atoms with Crippen LogP contribution in [0.4, 0.5) is 23.2 Å². The van der Waals surface area contributed by atoms with E-state index in [9.17, 15) is 22.4 Å². The Hall–Kier alpha value is -2.02. The zero-order valence-electron chi connectivity index (χ0n) is 11.4. The number of halogens is 4. The summed E-state index contributed by atoms with van der Waals surface area (Å²) in [5.41, 5.74) is -0.182. The van der Waals surface area contributed by atoms with E-state index in [0.29, 0.717) is 6.07 Å². The maximum absolute atomic E-state index is 13.5. The summed E-state index contributed by atoms with van der Waals surface area (Å²) < 4.78 is 52.8. The normalized spacial score (nSPS) is 12.0. The molecule has 0 spiro atoms. The second kappa shape index (κ2) is 6.83. The summed E-state index contributed by atoms with van der Waals surface area (Å²) in [6.07, 6.45) is 0. The summed E-state index contributed by atoms with van der Waals surface area (Å²) in [5, 5.41) is 1.47. The minimum absolute atomic E-state index is 0.0257. The van der Waals surface area contributed by atoms with Crippen molar-refractivity contribution in [3.05, 3.63) is 59.7 Å². The van der Waals surface area contributed by atoms with Crippen molar-refractivity contribution in [1.29, 1.82) is 0 Å². The molecular weight excluding hydrogens is 318 g/mol. The number of amides is 1. The van der Waals surface area contributed by atoms with Gasteiger partial charge in [0.05, 0.1) is 10.9 Å². The molecule has 0 aromatic heterocycles. The summed E-state index contributed by atoms with van der Waals surface area (Å²) in [6, 6.07) is 5.63. The van der Waals surface area contributed by atoms with Crippen LogP contribution in [0.2, 0.25) is 0 Å². The first kappa shape index (κ1) is 16.4. The van der Waals surface area contributed by atoms with E-state index in [1.165, 1.54) is 6.92 Å². The van der Waals surface area contributed by atoms with Gasteiger partial charge in [-0.15, -0.1) is 11.8 Å². The highest BCUT2D eigenvalue weighted by Crippen LogP contribution is 2.27. The molecule has 0 fully saturated rings. The molecule has 0 aliphatic heterocycles. The maximum atomic E-state index is 13.5. The predicted octanol–water partition coefficient (Wildman–Crippen LogP) is 4.36. The van der Waals surface area contributed by atoms with Gasteiger partial charge in [0, 0.05) is 11.0 Å². The van der Waals surface area contributed by atoms with E-state index < -0.39 is 34.4 Å². The molecule has 2 nitrogen and oxygen atoms in total. The summed E-state index contributed by atoms with van der Waals surface area (Å²) in [6.45, 7) is 1.46.